The van der Waals surface area contributed by atoms with Crippen molar-refractivity contribution in [3.63, 3.8) is 0 Å². The van der Waals surface area contributed by atoms with Crippen molar-refractivity contribution in [3.8, 4) is 0 Å². The van der Waals surface area contributed by atoms with E-state index in [0.717, 1.165) is 37.5 Å². The fourth-order valence-electron chi connectivity index (χ4n) is 2.64. The summed E-state index contributed by atoms with van der Waals surface area (Å²) < 4.78 is 18.7. The van der Waals surface area contributed by atoms with E-state index in [9.17, 15) is 9.18 Å². The van der Waals surface area contributed by atoms with Gasteiger partial charge in [0.1, 0.15) is 5.82 Å². The van der Waals surface area contributed by atoms with Gasteiger partial charge in [0.2, 0.25) is 5.91 Å². The van der Waals surface area contributed by atoms with Crippen LogP contribution >= 0.6 is 0 Å². The second-order valence-electron chi connectivity index (χ2n) is 6.17. The molecule has 2 atom stereocenters. The first-order valence-electron chi connectivity index (χ1n) is 7.85. The summed E-state index contributed by atoms with van der Waals surface area (Å²) in [7, 11) is 0. The van der Waals surface area contributed by atoms with E-state index in [1.165, 1.54) is 25.0 Å². The molecule has 2 unspecified atom stereocenters. The molecule has 2 saturated carbocycles. The Hall–Kier alpha value is -1.42. The zero-order valence-corrected chi connectivity index (χ0v) is 12.2. The number of amides is 1. The van der Waals surface area contributed by atoms with Gasteiger partial charge in [0.25, 0.3) is 0 Å². The van der Waals surface area contributed by atoms with Gasteiger partial charge >= 0.3 is 0 Å². The highest BCUT2D eigenvalue weighted by Gasteiger charge is 2.43. The molecule has 1 amide bonds. The molecular formula is C17H22FNO2. The van der Waals surface area contributed by atoms with Gasteiger partial charge in [0.15, 0.2) is 0 Å². The van der Waals surface area contributed by atoms with Crippen LogP contribution in [0.3, 0.4) is 0 Å². The molecule has 0 spiro atoms. The largest absolute Gasteiger partial charge is 0.381 e. The Morgan fingerprint density at radius 2 is 2.24 bits per heavy atom. The highest BCUT2D eigenvalue weighted by molar-refractivity contribution is 5.82. The number of carbonyl (C=O) groups excluding carboxylic acids is 1. The van der Waals surface area contributed by atoms with Crippen LogP contribution in [0.15, 0.2) is 24.3 Å². The minimum atomic E-state index is -0.230. The lowest BCUT2D eigenvalue weighted by molar-refractivity contribution is -0.122. The van der Waals surface area contributed by atoms with Crippen molar-refractivity contribution in [1.82, 2.24) is 5.32 Å². The normalized spacial score (nSPS) is 23.9. The highest BCUT2D eigenvalue weighted by atomic mass is 19.1. The molecule has 2 fully saturated rings. The SMILES string of the molecule is O=C(NCCCOCC1CC1)C1CC1c1cccc(F)c1. The first-order valence-corrected chi connectivity index (χ1v) is 7.85. The standard InChI is InChI=1S/C17H22FNO2/c18-14-4-1-3-13(9-14)15-10-16(15)17(20)19-7-2-8-21-11-12-5-6-12/h1,3-4,9,12,15-16H,2,5-8,10-11H2,(H,19,20). The number of halogens is 1. The molecule has 1 N–H and O–H groups in total. The van der Waals surface area contributed by atoms with Crippen molar-refractivity contribution in [3.05, 3.63) is 35.6 Å². The molecule has 0 bridgehead atoms. The van der Waals surface area contributed by atoms with Crippen molar-refractivity contribution < 1.29 is 13.9 Å². The van der Waals surface area contributed by atoms with Crippen LogP contribution in [0.2, 0.25) is 0 Å². The summed E-state index contributed by atoms with van der Waals surface area (Å²) in [4.78, 5) is 12.0. The van der Waals surface area contributed by atoms with Gasteiger partial charge in [-0.3, -0.25) is 4.79 Å². The minimum Gasteiger partial charge on any atom is -0.381 e. The Balaban J connectivity index is 1.31. The van der Waals surface area contributed by atoms with Crippen LogP contribution < -0.4 is 5.32 Å². The van der Waals surface area contributed by atoms with E-state index >= 15 is 0 Å². The lowest BCUT2D eigenvalue weighted by atomic mass is 10.1. The third-order valence-corrected chi connectivity index (χ3v) is 4.22. The number of benzene rings is 1. The van der Waals surface area contributed by atoms with Gasteiger partial charge in [-0.1, -0.05) is 12.1 Å². The molecule has 0 heterocycles. The van der Waals surface area contributed by atoms with Gasteiger partial charge in [-0.15, -0.1) is 0 Å². The monoisotopic (exact) mass is 291 g/mol. The fourth-order valence-corrected chi connectivity index (χ4v) is 2.64. The summed E-state index contributed by atoms with van der Waals surface area (Å²) in [6.45, 7) is 2.25. The predicted octanol–water partition coefficient (Wildman–Crippen LogP) is 2.86. The van der Waals surface area contributed by atoms with E-state index in [2.05, 4.69) is 5.32 Å². The fraction of sp³-hybridized carbons (Fsp3) is 0.588. The molecule has 114 valence electrons. The molecule has 0 radical (unpaired) electrons. The molecule has 1 aromatic carbocycles. The summed E-state index contributed by atoms with van der Waals surface area (Å²) in [5.41, 5.74) is 0.933. The van der Waals surface area contributed by atoms with Crippen LogP contribution in [0.25, 0.3) is 0 Å². The lowest BCUT2D eigenvalue weighted by Crippen LogP contribution is -2.27. The zero-order chi connectivity index (χ0) is 14.7. The van der Waals surface area contributed by atoms with Crippen molar-refractivity contribution in [2.75, 3.05) is 19.8 Å². The van der Waals surface area contributed by atoms with Gasteiger partial charge in [0.05, 0.1) is 0 Å². The maximum atomic E-state index is 13.2. The molecule has 3 nitrogen and oxygen atoms in total. The average Bonchev–Trinajstić information content (AvgIpc) is 3.36. The number of rotatable bonds is 8. The van der Waals surface area contributed by atoms with Crippen LogP contribution in [-0.4, -0.2) is 25.7 Å². The number of hydrogen-bond acceptors (Lipinski definition) is 2. The molecule has 0 saturated heterocycles. The molecule has 4 heteroatoms. The molecule has 0 aliphatic heterocycles. The average molecular weight is 291 g/mol. The quantitative estimate of drug-likeness (QED) is 0.748. The van der Waals surface area contributed by atoms with E-state index in [1.54, 1.807) is 6.07 Å². The van der Waals surface area contributed by atoms with Gasteiger partial charge in [0, 0.05) is 25.7 Å². The molecule has 0 aromatic heterocycles. The van der Waals surface area contributed by atoms with Crippen LogP contribution in [0.1, 0.15) is 37.2 Å². The van der Waals surface area contributed by atoms with Crippen molar-refractivity contribution in [2.24, 2.45) is 11.8 Å². The Morgan fingerprint density at radius 1 is 1.38 bits per heavy atom. The predicted molar refractivity (Wildman–Crippen MR) is 78.4 cm³/mol. The number of carbonyl (C=O) groups is 1. The smallest absolute Gasteiger partial charge is 0.223 e. The summed E-state index contributed by atoms with van der Waals surface area (Å²) in [5, 5.41) is 2.95. The summed E-state index contributed by atoms with van der Waals surface area (Å²) in [5.74, 6) is 0.849. The first-order chi connectivity index (χ1) is 10.2. The van der Waals surface area contributed by atoms with Crippen LogP contribution in [0, 0.1) is 17.7 Å². The van der Waals surface area contributed by atoms with E-state index in [0.29, 0.717) is 6.54 Å². The van der Waals surface area contributed by atoms with Crippen molar-refractivity contribution in [2.45, 2.75) is 31.6 Å². The summed E-state index contributed by atoms with van der Waals surface area (Å²) in [6, 6.07) is 6.56. The number of nitrogens with one attached hydrogen (secondary N) is 1. The maximum Gasteiger partial charge on any atom is 0.223 e. The van der Waals surface area contributed by atoms with Crippen LogP contribution in [0.4, 0.5) is 4.39 Å². The first kappa shape index (κ1) is 14.5. The van der Waals surface area contributed by atoms with Crippen molar-refractivity contribution >= 4 is 5.91 Å². The van der Waals surface area contributed by atoms with E-state index in [1.807, 2.05) is 6.07 Å². The molecule has 2 aliphatic carbocycles. The van der Waals surface area contributed by atoms with Crippen molar-refractivity contribution in [1.29, 1.82) is 0 Å². The molecular weight excluding hydrogens is 269 g/mol. The second-order valence-corrected chi connectivity index (χ2v) is 6.17. The molecule has 21 heavy (non-hydrogen) atoms. The lowest BCUT2D eigenvalue weighted by Gasteiger charge is -2.06. The minimum absolute atomic E-state index is 0.0131. The number of hydrogen-bond donors (Lipinski definition) is 1. The van der Waals surface area contributed by atoms with Gasteiger partial charge in [-0.05, 0) is 55.2 Å². The number of ether oxygens (including phenoxy) is 1. The second kappa shape index (κ2) is 6.56. The Morgan fingerprint density at radius 3 is 3.00 bits per heavy atom. The van der Waals surface area contributed by atoms with Gasteiger partial charge in [-0.25, -0.2) is 4.39 Å². The van der Waals surface area contributed by atoms with E-state index in [-0.39, 0.29) is 23.6 Å². The van der Waals surface area contributed by atoms with E-state index < -0.39 is 0 Å². The zero-order valence-electron chi connectivity index (χ0n) is 12.2. The molecule has 1 aromatic rings. The third-order valence-electron chi connectivity index (χ3n) is 4.22. The highest BCUT2D eigenvalue weighted by Crippen LogP contribution is 2.47. The third kappa shape index (κ3) is 4.27. The van der Waals surface area contributed by atoms with Crippen LogP contribution in [-0.2, 0) is 9.53 Å². The Kier molecular flexibility index (Phi) is 4.54. The Labute approximate surface area is 124 Å². The molecule has 2 aliphatic rings. The maximum absolute atomic E-state index is 13.2. The topological polar surface area (TPSA) is 38.3 Å². The van der Waals surface area contributed by atoms with Crippen LogP contribution in [0.5, 0.6) is 0 Å². The molecule has 3 rings (SSSR count). The summed E-state index contributed by atoms with van der Waals surface area (Å²) in [6.07, 6.45) is 4.29. The Bertz CT molecular complexity index is 501. The van der Waals surface area contributed by atoms with E-state index in [4.69, 9.17) is 4.74 Å². The van der Waals surface area contributed by atoms with Gasteiger partial charge < -0.3 is 10.1 Å². The van der Waals surface area contributed by atoms with Gasteiger partial charge in [-0.2, -0.15) is 0 Å². The summed E-state index contributed by atoms with van der Waals surface area (Å²) >= 11 is 0.